The van der Waals surface area contributed by atoms with Gasteiger partial charge in [0.05, 0.1) is 38.0 Å². The highest BCUT2D eigenvalue weighted by Gasteiger charge is 2.31. The number of carbonyl (C=O) groups excluding carboxylic acids is 3. The molecule has 3 heterocycles. The fourth-order valence-electron chi connectivity index (χ4n) is 9.44. The molecule has 0 saturated heterocycles. The second kappa shape index (κ2) is 49.9. The van der Waals surface area contributed by atoms with Gasteiger partial charge in [0.25, 0.3) is 0 Å². The molecule has 6 aromatic carbocycles. The summed E-state index contributed by atoms with van der Waals surface area (Å²) in [6, 6.07) is 33.9. The molecule has 9 rings (SSSR count). The largest absolute Gasteiger partial charge is 0.465 e. The van der Waals surface area contributed by atoms with Crippen molar-refractivity contribution >= 4 is 122 Å². The van der Waals surface area contributed by atoms with Gasteiger partial charge >= 0.3 is 17.9 Å². The van der Waals surface area contributed by atoms with Crippen LogP contribution in [0, 0.1) is 0 Å². The molecular formula is C69H96Cl9N3O6. The normalized spacial score (nSPS) is 14.6. The molecule has 0 N–H and O–H groups in total. The number of alkyl halides is 3. The zero-order chi connectivity index (χ0) is 67.7. The molecule has 0 aromatic heterocycles. The first-order valence-corrected chi connectivity index (χ1v) is 33.7. The van der Waals surface area contributed by atoms with Crippen LogP contribution in [-0.2, 0) is 33.8 Å². The minimum Gasteiger partial charge on any atom is -0.465 e. The molecule has 0 aliphatic carbocycles. The number of fused-ring (bicyclic) bond motifs is 3. The second-order valence-corrected chi connectivity index (χ2v) is 20.0. The van der Waals surface area contributed by atoms with Crippen LogP contribution >= 0.6 is 104 Å². The van der Waals surface area contributed by atoms with Crippen LogP contribution in [-0.4, -0.2) is 114 Å². The third-order valence-electron chi connectivity index (χ3n) is 12.7. The summed E-state index contributed by atoms with van der Waals surface area (Å²) in [6.45, 7) is 28.9. The molecule has 0 amide bonds. The zero-order valence-electron chi connectivity index (χ0n) is 55.1. The van der Waals surface area contributed by atoms with Gasteiger partial charge in [-0.1, -0.05) is 195 Å². The molecular weight excluding hydrogens is 1290 g/mol. The predicted octanol–water partition coefficient (Wildman–Crippen LogP) is 21.8. The Labute approximate surface area is 569 Å². The maximum atomic E-state index is 12.1. The smallest absolute Gasteiger partial charge is 0.338 e. The Hall–Kier alpha value is -3.78. The summed E-state index contributed by atoms with van der Waals surface area (Å²) in [4.78, 5) is 42.1. The molecule has 3 unspecified atom stereocenters. The number of hydrogen-bond acceptors (Lipinski definition) is 9. The van der Waals surface area contributed by atoms with E-state index >= 15 is 0 Å². The molecule has 0 bridgehead atoms. The van der Waals surface area contributed by atoms with Crippen LogP contribution in [0.15, 0.2) is 109 Å². The van der Waals surface area contributed by atoms with Crippen molar-refractivity contribution < 1.29 is 28.6 Å². The van der Waals surface area contributed by atoms with Crippen molar-refractivity contribution in [2.75, 3.05) is 81.3 Å². The summed E-state index contributed by atoms with van der Waals surface area (Å²) in [7, 11) is 10.3. The monoisotopic (exact) mass is 1380 g/mol. The van der Waals surface area contributed by atoms with Gasteiger partial charge in [0, 0.05) is 106 Å². The minimum atomic E-state index is -0.333. The summed E-state index contributed by atoms with van der Waals surface area (Å²) in [5, 5.41) is 3.95. The van der Waals surface area contributed by atoms with E-state index in [-0.39, 0.29) is 35.7 Å². The van der Waals surface area contributed by atoms with Gasteiger partial charge in [0.15, 0.2) is 0 Å². The van der Waals surface area contributed by atoms with Crippen molar-refractivity contribution in [2.45, 2.75) is 120 Å². The first-order valence-electron chi connectivity index (χ1n) is 29.2. The van der Waals surface area contributed by atoms with Crippen LogP contribution in [0.2, 0.25) is 30.1 Å². The summed E-state index contributed by atoms with van der Waals surface area (Å²) in [5.41, 5.74) is 11.4. The van der Waals surface area contributed by atoms with E-state index in [1.807, 2.05) is 157 Å². The highest BCUT2D eigenvalue weighted by Crippen LogP contribution is 2.42. The van der Waals surface area contributed by atoms with Gasteiger partial charge in [0.2, 0.25) is 0 Å². The van der Waals surface area contributed by atoms with E-state index in [1.54, 1.807) is 42.5 Å². The van der Waals surface area contributed by atoms with Crippen molar-refractivity contribution in [1.82, 2.24) is 14.7 Å². The number of esters is 3. The Morgan fingerprint density at radius 1 is 0.368 bits per heavy atom. The fraction of sp³-hybridized carbons (Fsp3) is 0.435. The molecule has 0 fully saturated rings. The van der Waals surface area contributed by atoms with Gasteiger partial charge in [-0.3, -0.25) is 0 Å². The standard InChI is InChI=1S/3C18H17Cl2NO2.6C2H6.3CH3Cl/c1-21-9-15(11-3-5-12(6-4-11)18(22)23-2)14-7-13(19)8-17(20)16(14)10-21;1-21-9-15(11-4-3-5-12(6-11)18(22)23-2)14-7-13(19)8-17(20)16(14)10-21;1-21-9-15(12-5-3-4-6-13(12)18(22)23-2)14-7-11(19)8-17(20)16(14)10-21;9*1-2/h3*3-8,15H,9-10H2,1-2H3;6*1-2H3;3*1H3. The van der Waals surface area contributed by atoms with Gasteiger partial charge in [-0.2, -0.15) is 0 Å². The van der Waals surface area contributed by atoms with Crippen LogP contribution in [0.1, 0.15) is 182 Å². The molecule has 3 aliphatic heterocycles. The van der Waals surface area contributed by atoms with Crippen molar-refractivity contribution in [3.8, 4) is 0 Å². The Balaban J connectivity index is -0.00000107. The third-order valence-corrected chi connectivity index (χ3v) is 14.3. The minimum absolute atomic E-state index is 0.0234. The van der Waals surface area contributed by atoms with Crippen molar-refractivity contribution in [2.24, 2.45) is 0 Å². The molecule has 0 saturated carbocycles. The summed E-state index contributed by atoms with van der Waals surface area (Å²) >= 11 is 51.7. The maximum absolute atomic E-state index is 12.1. The lowest BCUT2D eigenvalue weighted by Gasteiger charge is -2.34. The van der Waals surface area contributed by atoms with Crippen LogP contribution < -0.4 is 0 Å². The number of rotatable bonds is 6. The van der Waals surface area contributed by atoms with Crippen LogP contribution in [0.3, 0.4) is 0 Å². The summed E-state index contributed by atoms with van der Waals surface area (Å²) < 4.78 is 14.5. The molecule has 0 radical (unpaired) electrons. The quantitative estimate of drug-likeness (QED) is 0.0919. The van der Waals surface area contributed by atoms with E-state index in [0.29, 0.717) is 46.8 Å². The van der Waals surface area contributed by atoms with E-state index in [9.17, 15) is 14.4 Å². The topological polar surface area (TPSA) is 88.6 Å². The van der Waals surface area contributed by atoms with Crippen molar-refractivity contribution in [3.05, 3.63) is 206 Å². The summed E-state index contributed by atoms with van der Waals surface area (Å²) in [5.74, 6) is -0.681. The number of hydrogen-bond donors (Lipinski definition) is 0. The zero-order valence-corrected chi connectivity index (χ0v) is 61.9. The Kier molecular flexibility index (Phi) is 50.2. The molecule has 3 atom stereocenters. The van der Waals surface area contributed by atoms with Gasteiger partial charge < -0.3 is 28.9 Å². The molecule has 0 spiro atoms. The molecule has 486 valence electrons. The predicted molar refractivity (Wildman–Crippen MR) is 381 cm³/mol. The molecule has 3 aliphatic rings. The first-order chi connectivity index (χ1) is 42.0. The van der Waals surface area contributed by atoms with E-state index in [2.05, 4.69) is 63.6 Å². The number of halogens is 9. The highest BCUT2D eigenvalue weighted by molar-refractivity contribution is 6.36. The average molecular weight is 1380 g/mol. The number of methoxy groups -OCH3 is 3. The fourth-order valence-corrected chi connectivity index (χ4v) is 11.1. The number of ether oxygens (including phenoxy) is 3. The van der Waals surface area contributed by atoms with Gasteiger partial charge in [0.1, 0.15) is 0 Å². The SMILES string of the molecule is CC.CC.CC.CC.CC.CC.CCl.CCl.CCl.COC(=O)c1ccc(C2CN(C)Cc3c(Cl)cc(Cl)cc32)cc1.COC(=O)c1cccc(C2CN(C)Cc3c(Cl)cc(Cl)cc32)c1.COC(=O)c1ccccc1C1CN(C)Cc2c(Cl)cc(Cl)cc21. The molecule has 9 nitrogen and oxygen atoms in total. The molecule has 6 aromatic rings. The molecule has 18 heteroatoms. The van der Waals surface area contributed by atoms with E-state index < -0.39 is 0 Å². The number of carbonyl (C=O) groups is 3. The lowest BCUT2D eigenvalue weighted by Crippen LogP contribution is -2.32. The van der Waals surface area contributed by atoms with E-state index in [4.69, 9.17) is 83.8 Å². The Morgan fingerprint density at radius 2 is 0.701 bits per heavy atom. The highest BCUT2D eigenvalue weighted by atomic mass is 35.5. The van der Waals surface area contributed by atoms with Crippen LogP contribution in [0.4, 0.5) is 0 Å². The Morgan fingerprint density at radius 3 is 1.08 bits per heavy atom. The third kappa shape index (κ3) is 26.5. The average Bonchev–Trinajstić information content (AvgIpc) is 1.32. The second-order valence-electron chi connectivity index (χ2n) is 17.4. The van der Waals surface area contributed by atoms with Crippen LogP contribution in [0.5, 0.6) is 0 Å². The van der Waals surface area contributed by atoms with Crippen molar-refractivity contribution in [1.29, 1.82) is 0 Å². The van der Waals surface area contributed by atoms with Gasteiger partial charge in [-0.05, 0) is 138 Å². The first kappa shape index (κ1) is 87.4. The van der Waals surface area contributed by atoms with E-state index in [0.717, 1.165) is 89.3 Å². The van der Waals surface area contributed by atoms with E-state index in [1.165, 1.54) is 40.5 Å². The van der Waals surface area contributed by atoms with Gasteiger partial charge in [-0.15, -0.1) is 34.8 Å². The number of likely N-dealkylation sites (N-methyl/N-ethyl adjacent to an activating group) is 3. The lowest BCUT2D eigenvalue weighted by atomic mass is 9.82. The Bertz CT molecular complexity index is 2890. The number of nitrogens with zero attached hydrogens (tertiary/aromatic N) is 3. The number of benzene rings is 6. The maximum Gasteiger partial charge on any atom is 0.338 e. The van der Waals surface area contributed by atoms with Crippen molar-refractivity contribution in [3.63, 3.8) is 0 Å². The van der Waals surface area contributed by atoms with Crippen LogP contribution in [0.25, 0.3) is 0 Å². The lowest BCUT2D eigenvalue weighted by molar-refractivity contribution is 0.0590. The summed E-state index contributed by atoms with van der Waals surface area (Å²) in [6.07, 6.45) is 4.42. The molecule has 87 heavy (non-hydrogen) atoms. The van der Waals surface area contributed by atoms with Gasteiger partial charge in [-0.25, -0.2) is 14.4 Å².